The molecule has 0 aliphatic rings. The number of aryl methyl sites for hydroxylation is 1. The molecule has 2 heterocycles. The largest absolute Gasteiger partial charge is 0.469 e. The standard InChI is InChI=1S/C10H7BrO2S/c1-6-4-7(5-13-6)9(12)10-8(11)2-3-14-10/h2-5H,1H3. The van der Waals surface area contributed by atoms with Crippen LogP contribution in [0.2, 0.25) is 0 Å². The van der Waals surface area contributed by atoms with Gasteiger partial charge in [0.15, 0.2) is 0 Å². The Balaban J connectivity index is 2.38. The molecule has 14 heavy (non-hydrogen) atoms. The molecule has 2 aromatic rings. The summed E-state index contributed by atoms with van der Waals surface area (Å²) in [6.07, 6.45) is 1.49. The van der Waals surface area contributed by atoms with Gasteiger partial charge < -0.3 is 4.42 Å². The van der Waals surface area contributed by atoms with Gasteiger partial charge in [0.1, 0.15) is 12.0 Å². The minimum absolute atomic E-state index is 0.00345. The SMILES string of the molecule is Cc1cc(C(=O)c2sccc2Br)co1. The van der Waals surface area contributed by atoms with Crippen LogP contribution in [0.3, 0.4) is 0 Å². The third-order valence-corrected chi connectivity index (χ3v) is 3.65. The Labute approximate surface area is 93.7 Å². The van der Waals surface area contributed by atoms with Crippen LogP contribution >= 0.6 is 27.3 Å². The Morgan fingerprint density at radius 3 is 2.86 bits per heavy atom. The quantitative estimate of drug-likeness (QED) is 0.780. The van der Waals surface area contributed by atoms with Gasteiger partial charge >= 0.3 is 0 Å². The first kappa shape index (κ1) is 9.68. The van der Waals surface area contributed by atoms with Crippen LogP contribution in [0.15, 0.2) is 32.7 Å². The molecule has 0 bridgehead atoms. The molecule has 72 valence electrons. The fraction of sp³-hybridized carbons (Fsp3) is 0.100. The zero-order chi connectivity index (χ0) is 10.1. The smallest absolute Gasteiger partial charge is 0.207 e. The first-order valence-corrected chi connectivity index (χ1v) is 5.68. The molecule has 0 spiro atoms. The van der Waals surface area contributed by atoms with Gasteiger partial charge in [-0.25, -0.2) is 0 Å². The lowest BCUT2D eigenvalue weighted by Crippen LogP contribution is -1.96. The number of furan rings is 1. The molecule has 0 saturated carbocycles. The summed E-state index contributed by atoms with van der Waals surface area (Å²) in [6, 6.07) is 3.61. The molecule has 0 radical (unpaired) electrons. The highest BCUT2D eigenvalue weighted by Gasteiger charge is 2.15. The lowest BCUT2D eigenvalue weighted by Gasteiger charge is -1.92. The number of hydrogen-bond acceptors (Lipinski definition) is 3. The minimum Gasteiger partial charge on any atom is -0.469 e. The van der Waals surface area contributed by atoms with Crippen LogP contribution in [0.1, 0.15) is 21.0 Å². The maximum Gasteiger partial charge on any atom is 0.207 e. The van der Waals surface area contributed by atoms with Crippen molar-refractivity contribution in [1.29, 1.82) is 0 Å². The van der Waals surface area contributed by atoms with Crippen molar-refractivity contribution in [1.82, 2.24) is 0 Å². The molecule has 0 atom stereocenters. The highest BCUT2D eigenvalue weighted by molar-refractivity contribution is 9.10. The summed E-state index contributed by atoms with van der Waals surface area (Å²) in [4.78, 5) is 12.6. The first-order valence-electron chi connectivity index (χ1n) is 4.01. The van der Waals surface area contributed by atoms with Gasteiger partial charge in [0.2, 0.25) is 5.78 Å². The van der Waals surface area contributed by atoms with E-state index < -0.39 is 0 Å². The zero-order valence-corrected chi connectivity index (χ0v) is 9.81. The summed E-state index contributed by atoms with van der Waals surface area (Å²) in [5.41, 5.74) is 0.602. The maximum atomic E-state index is 11.9. The number of rotatable bonds is 2. The second kappa shape index (κ2) is 3.71. The molecule has 0 aromatic carbocycles. The van der Waals surface area contributed by atoms with E-state index >= 15 is 0 Å². The zero-order valence-electron chi connectivity index (χ0n) is 7.41. The van der Waals surface area contributed by atoms with Crippen LogP contribution in [-0.2, 0) is 0 Å². The van der Waals surface area contributed by atoms with E-state index in [9.17, 15) is 4.79 Å². The fourth-order valence-electron chi connectivity index (χ4n) is 1.15. The van der Waals surface area contributed by atoms with E-state index in [1.54, 1.807) is 6.07 Å². The molecule has 2 aromatic heterocycles. The van der Waals surface area contributed by atoms with Crippen LogP contribution in [0.5, 0.6) is 0 Å². The van der Waals surface area contributed by atoms with Gasteiger partial charge in [-0.2, -0.15) is 0 Å². The molecule has 0 aliphatic carbocycles. The van der Waals surface area contributed by atoms with E-state index in [4.69, 9.17) is 4.42 Å². The topological polar surface area (TPSA) is 30.2 Å². The first-order chi connectivity index (χ1) is 6.68. The number of carbonyl (C=O) groups excluding carboxylic acids is 1. The fourth-order valence-corrected chi connectivity index (χ4v) is 2.66. The molecular formula is C10H7BrO2S. The van der Waals surface area contributed by atoms with Gasteiger partial charge in [-0.15, -0.1) is 11.3 Å². The molecule has 2 nitrogen and oxygen atoms in total. The van der Waals surface area contributed by atoms with Crippen molar-refractivity contribution < 1.29 is 9.21 Å². The third-order valence-electron chi connectivity index (χ3n) is 1.82. The van der Waals surface area contributed by atoms with Gasteiger partial charge in [-0.3, -0.25) is 4.79 Å². The van der Waals surface area contributed by atoms with Crippen molar-refractivity contribution in [2.45, 2.75) is 6.92 Å². The van der Waals surface area contributed by atoms with Crippen molar-refractivity contribution in [3.63, 3.8) is 0 Å². The van der Waals surface area contributed by atoms with Gasteiger partial charge in [0.05, 0.1) is 10.4 Å². The van der Waals surface area contributed by atoms with Crippen LogP contribution in [0.4, 0.5) is 0 Å². The van der Waals surface area contributed by atoms with Crippen molar-refractivity contribution in [2.24, 2.45) is 0 Å². The lowest BCUT2D eigenvalue weighted by molar-refractivity contribution is 0.104. The van der Waals surface area contributed by atoms with Crippen LogP contribution in [0, 0.1) is 6.92 Å². The highest BCUT2D eigenvalue weighted by Crippen LogP contribution is 2.25. The van der Waals surface area contributed by atoms with Crippen molar-refractivity contribution in [3.8, 4) is 0 Å². The summed E-state index contributed by atoms with van der Waals surface area (Å²) in [5, 5.41) is 1.88. The van der Waals surface area contributed by atoms with Gasteiger partial charge in [0.25, 0.3) is 0 Å². The van der Waals surface area contributed by atoms with E-state index in [1.807, 2.05) is 18.4 Å². The Kier molecular flexibility index (Phi) is 2.56. The van der Waals surface area contributed by atoms with Crippen LogP contribution < -0.4 is 0 Å². The lowest BCUT2D eigenvalue weighted by atomic mass is 10.2. The van der Waals surface area contributed by atoms with E-state index in [0.29, 0.717) is 10.4 Å². The van der Waals surface area contributed by atoms with Gasteiger partial charge in [0, 0.05) is 4.47 Å². The average molecular weight is 271 g/mol. The Morgan fingerprint density at radius 1 is 1.57 bits per heavy atom. The van der Waals surface area contributed by atoms with Crippen molar-refractivity contribution in [3.05, 3.63) is 44.4 Å². The van der Waals surface area contributed by atoms with Crippen LogP contribution in [-0.4, -0.2) is 5.78 Å². The van der Waals surface area contributed by atoms with E-state index in [2.05, 4.69) is 15.9 Å². The molecule has 0 saturated heterocycles. The van der Waals surface area contributed by atoms with E-state index in [0.717, 1.165) is 10.2 Å². The molecule has 0 N–H and O–H groups in total. The second-order valence-corrected chi connectivity index (χ2v) is 4.64. The van der Waals surface area contributed by atoms with Gasteiger partial charge in [-0.05, 0) is 40.4 Å². The highest BCUT2D eigenvalue weighted by atomic mass is 79.9. The Hall–Kier alpha value is -0.870. The molecule has 0 amide bonds. The molecule has 4 heteroatoms. The molecule has 0 aliphatic heterocycles. The summed E-state index contributed by atoms with van der Waals surface area (Å²) in [7, 11) is 0. The number of thiophene rings is 1. The van der Waals surface area contributed by atoms with Crippen LogP contribution in [0.25, 0.3) is 0 Å². The predicted octanol–water partition coefficient (Wildman–Crippen LogP) is 3.64. The summed E-state index contributed by atoms with van der Waals surface area (Å²) in [6.45, 7) is 1.82. The number of carbonyl (C=O) groups is 1. The average Bonchev–Trinajstić information content (AvgIpc) is 2.73. The monoisotopic (exact) mass is 270 g/mol. The number of hydrogen-bond donors (Lipinski definition) is 0. The Morgan fingerprint density at radius 2 is 2.36 bits per heavy atom. The minimum atomic E-state index is 0.00345. The normalized spacial score (nSPS) is 10.4. The Bertz CT molecular complexity index is 470. The predicted molar refractivity (Wildman–Crippen MR) is 58.9 cm³/mol. The van der Waals surface area contributed by atoms with E-state index in [-0.39, 0.29) is 5.78 Å². The molecule has 0 fully saturated rings. The van der Waals surface area contributed by atoms with Gasteiger partial charge in [-0.1, -0.05) is 0 Å². The third kappa shape index (κ3) is 1.67. The summed E-state index contributed by atoms with van der Waals surface area (Å²) in [5.74, 6) is 0.754. The molecule has 0 unspecified atom stereocenters. The maximum absolute atomic E-state index is 11.9. The summed E-state index contributed by atoms with van der Waals surface area (Å²) >= 11 is 4.75. The van der Waals surface area contributed by atoms with Crippen molar-refractivity contribution >= 4 is 33.0 Å². The molecule has 2 rings (SSSR count). The number of halogens is 1. The second-order valence-electron chi connectivity index (χ2n) is 2.87. The van der Waals surface area contributed by atoms with E-state index in [1.165, 1.54) is 17.6 Å². The summed E-state index contributed by atoms with van der Waals surface area (Å²) < 4.78 is 5.93. The van der Waals surface area contributed by atoms with Crippen molar-refractivity contribution in [2.75, 3.05) is 0 Å². The number of ketones is 1. The molecular weight excluding hydrogens is 264 g/mol.